The molecule has 2 N–H and O–H groups in total. The van der Waals surface area contributed by atoms with Gasteiger partial charge in [0, 0.05) is 11.5 Å². The van der Waals surface area contributed by atoms with Gasteiger partial charge in [-0.2, -0.15) is 0 Å². The van der Waals surface area contributed by atoms with Gasteiger partial charge >= 0.3 is 0 Å². The summed E-state index contributed by atoms with van der Waals surface area (Å²) in [4.78, 5) is 0. The molecule has 0 radical (unpaired) electrons. The zero-order valence-electron chi connectivity index (χ0n) is 12.8. The molecular formula is C17H13ClF4N2O. The summed E-state index contributed by atoms with van der Waals surface area (Å²) >= 11 is 6.08. The van der Waals surface area contributed by atoms with E-state index in [1.165, 1.54) is 16.7 Å². The molecule has 0 saturated heterocycles. The van der Waals surface area contributed by atoms with Crippen LogP contribution in [0.15, 0.2) is 36.4 Å². The van der Waals surface area contributed by atoms with Crippen molar-refractivity contribution in [3.8, 4) is 5.75 Å². The Hall–Kier alpha value is -2.41. The Morgan fingerprint density at radius 2 is 1.88 bits per heavy atom. The van der Waals surface area contributed by atoms with Crippen molar-refractivity contribution in [2.75, 3.05) is 12.3 Å². The molecule has 0 unspecified atom stereocenters. The standard InChI is InChI=1S/C17H13ClF4N2O/c18-16-10-8-14(17(21)22)24(13(10)3-2-12(16)23)5-6-25-15-4-1-9(19)7-11(15)20/h1-4,7-8,17H,5-6,23H2. The highest BCUT2D eigenvalue weighted by atomic mass is 35.5. The van der Waals surface area contributed by atoms with Gasteiger partial charge in [0.1, 0.15) is 12.4 Å². The van der Waals surface area contributed by atoms with Gasteiger partial charge in [-0.25, -0.2) is 17.6 Å². The molecule has 132 valence electrons. The van der Waals surface area contributed by atoms with Crippen molar-refractivity contribution >= 4 is 28.2 Å². The van der Waals surface area contributed by atoms with Gasteiger partial charge in [0.2, 0.25) is 0 Å². The molecule has 0 atom stereocenters. The third-order valence-electron chi connectivity index (χ3n) is 3.77. The maximum atomic E-state index is 13.6. The van der Waals surface area contributed by atoms with Crippen molar-refractivity contribution in [3.05, 3.63) is 58.7 Å². The first-order valence-corrected chi connectivity index (χ1v) is 7.69. The van der Waals surface area contributed by atoms with Crippen LogP contribution in [0.4, 0.5) is 23.2 Å². The number of rotatable bonds is 5. The van der Waals surface area contributed by atoms with E-state index in [4.69, 9.17) is 22.1 Å². The van der Waals surface area contributed by atoms with Crippen LogP contribution in [-0.4, -0.2) is 11.2 Å². The van der Waals surface area contributed by atoms with Crippen LogP contribution in [0, 0.1) is 11.6 Å². The third-order valence-corrected chi connectivity index (χ3v) is 4.19. The van der Waals surface area contributed by atoms with Crippen LogP contribution in [0.1, 0.15) is 12.1 Å². The van der Waals surface area contributed by atoms with Crippen molar-refractivity contribution in [1.29, 1.82) is 0 Å². The van der Waals surface area contributed by atoms with Crippen LogP contribution in [-0.2, 0) is 6.54 Å². The Morgan fingerprint density at radius 1 is 1.12 bits per heavy atom. The molecule has 1 heterocycles. The molecule has 0 saturated carbocycles. The maximum Gasteiger partial charge on any atom is 0.278 e. The number of nitrogens with zero attached hydrogens (tertiary/aromatic N) is 1. The molecule has 2 aromatic carbocycles. The Morgan fingerprint density at radius 3 is 2.56 bits per heavy atom. The van der Waals surface area contributed by atoms with Crippen molar-refractivity contribution in [2.45, 2.75) is 13.0 Å². The lowest BCUT2D eigenvalue weighted by molar-refractivity contribution is 0.139. The van der Waals surface area contributed by atoms with Crippen molar-refractivity contribution in [3.63, 3.8) is 0 Å². The summed E-state index contributed by atoms with van der Waals surface area (Å²) in [7, 11) is 0. The van der Waals surface area contributed by atoms with E-state index in [-0.39, 0.29) is 35.3 Å². The number of fused-ring (bicyclic) bond motifs is 1. The van der Waals surface area contributed by atoms with E-state index < -0.39 is 18.1 Å². The fourth-order valence-corrected chi connectivity index (χ4v) is 2.82. The van der Waals surface area contributed by atoms with Crippen LogP contribution in [0.5, 0.6) is 5.75 Å². The first-order chi connectivity index (χ1) is 11.9. The summed E-state index contributed by atoms with van der Waals surface area (Å²) in [5.74, 6) is -1.74. The molecule has 25 heavy (non-hydrogen) atoms. The van der Waals surface area contributed by atoms with Crippen LogP contribution >= 0.6 is 11.6 Å². The van der Waals surface area contributed by atoms with Gasteiger partial charge in [0.15, 0.2) is 11.6 Å². The molecular weight excluding hydrogens is 360 g/mol. The Bertz CT molecular complexity index is 927. The van der Waals surface area contributed by atoms with Gasteiger partial charge in [0.05, 0.1) is 28.5 Å². The van der Waals surface area contributed by atoms with Crippen LogP contribution in [0.25, 0.3) is 10.9 Å². The van der Waals surface area contributed by atoms with Crippen LogP contribution in [0.2, 0.25) is 5.02 Å². The molecule has 3 aromatic rings. The minimum atomic E-state index is -2.73. The molecule has 0 aliphatic carbocycles. The zero-order valence-corrected chi connectivity index (χ0v) is 13.5. The van der Waals surface area contributed by atoms with Gasteiger partial charge in [0.25, 0.3) is 6.43 Å². The fraction of sp³-hybridized carbons (Fsp3) is 0.176. The van der Waals surface area contributed by atoms with Crippen LogP contribution < -0.4 is 10.5 Å². The molecule has 8 heteroatoms. The number of halogens is 5. The minimum absolute atomic E-state index is 0.0280. The van der Waals surface area contributed by atoms with Gasteiger partial charge in [-0.15, -0.1) is 0 Å². The average Bonchev–Trinajstić information content (AvgIpc) is 2.93. The number of aromatic nitrogens is 1. The minimum Gasteiger partial charge on any atom is -0.489 e. The summed E-state index contributed by atoms with van der Waals surface area (Å²) in [5.41, 5.74) is 6.21. The molecule has 3 nitrogen and oxygen atoms in total. The lowest BCUT2D eigenvalue weighted by atomic mass is 10.2. The maximum absolute atomic E-state index is 13.6. The van der Waals surface area contributed by atoms with Crippen LogP contribution in [0.3, 0.4) is 0 Å². The van der Waals surface area contributed by atoms with E-state index in [1.54, 1.807) is 6.07 Å². The monoisotopic (exact) mass is 372 g/mol. The predicted molar refractivity (Wildman–Crippen MR) is 88.2 cm³/mol. The SMILES string of the molecule is Nc1ccc2c(cc(C(F)F)n2CCOc2ccc(F)cc2F)c1Cl. The van der Waals surface area contributed by atoms with Gasteiger partial charge in [-0.3, -0.25) is 0 Å². The number of benzene rings is 2. The first kappa shape index (κ1) is 17.4. The van der Waals surface area contributed by atoms with Gasteiger partial charge in [-0.05, 0) is 30.3 Å². The second kappa shape index (κ2) is 6.84. The normalized spacial score (nSPS) is 11.4. The number of hydrogen-bond donors (Lipinski definition) is 1. The number of nitrogens with two attached hydrogens (primary N) is 1. The highest BCUT2D eigenvalue weighted by Gasteiger charge is 2.19. The second-order valence-corrected chi connectivity index (χ2v) is 5.72. The van der Waals surface area contributed by atoms with E-state index in [0.717, 1.165) is 12.1 Å². The van der Waals surface area contributed by atoms with E-state index in [0.29, 0.717) is 17.0 Å². The molecule has 0 amide bonds. The lowest BCUT2D eigenvalue weighted by Crippen LogP contribution is -2.11. The summed E-state index contributed by atoms with van der Waals surface area (Å²) in [5, 5.41) is 0.605. The summed E-state index contributed by atoms with van der Waals surface area (Å²) in [6.07, 6.45) is -2.73. The predicted octanol–water partition coefficient (Wildman–Crippen LogP) is 5.17. The Balaban J connectivity index is 1.87. The van der Waals surface area contributed by atoms with E-state index in [9.17, 15) is 17.6 Å². The largest absolute Gasteiger partial charge is 0.489 e. The summed E-state index contributed by atoms with van der Waals surface area (Å²) in [6, 6.07) is 7.27. The molecule has 0 aliphatic rings. The summed E-state index contributed by atoms with van der Waals surface area (Å²) in [6.45, 7) is -0.0612. The van der Waals surface area contributed by atoms with E-state index in [1.807, 2.05) is 0 Å². The number of hydrogen-bond acceptors (Lipinski definition) is 2. The lowest BCUT2D eigenvalue weighted by Gasteiger charge is -2.12. The quantitative estimate of drug-likeness (QED) is 0.495. The molecule has 3 rings (SSSR count). The Labute approximate surface area is 145 Å². The first-order valence-electron chi connectivity index (χ1n) is 7.31. The number of alkyl halides is 2. The highest BCUT2D eigenvalue weighted by Crippen LogP contribution is 2.34. The molecule has 0 aliphatic heterocycles. The summed E-state index contributed by atoms with van der Waals surface area (Å²) < 4.78 is 59.6. The van der Waals surface area contributed by atoms with Gasteiger partial charge in [-0.1, -0.05) is 11.6 Å². The van der Waals surface area contributed by atoms with E-state index >= 15 is 0 Å². The average molecular weight is 373 g/mol. The van der Waals surface area contributed by atoms with Crippen molar-refractivity contribution in [2.24, 2.45) is 0 Å². The molecule has 1 aromatic heterocycles. The smallest absolute Gasteiger partial charge is 0.278 e. The Kier molecular flexibility index (Phi) is 4.76. The zero-order chi connectivity index (χ0) is 18.1. The van der Waals surface area contributed by atoms with Crippen molar-refractivity contribution in [1.82, 2.24) is 4.57 Å². The third kappa shape index (κ3) is 3.37. The molecule has 0 fully saturated rings. The van der Waals surface area contributed by atoms with E-state index in [2.05, 4.69) is 0 Å². The molecule has 0 bridgehead atoms. The van der Waals surface area contributed by atoms with Crippen molar-refractivity contribution < 1.29 is 22.3 Å². The topological polar surface area (TPSA) is 40.2 Å². The second-order valence-electron chi connectivity index (χ2n) is 5.35. The number of anilines is 1. The van der Waals surface area contributed by atoms with Gasteiger partial charge < -0.3 is 15.0 Å². The highest BCUT2D eigenvalue weighted by molar-refractivity contribution is 6.38. The molecule has 0 spiro atoms. The fourth-order valence-electron chi connectivity index (χ4n) is 2.61. The number of nitrogen functional groups attached to an aromatic ring is 1. The number of ether oxygens (including phenoxy) is 1.